The second-order valence-electron chi connectivity index (χ2n) is 7.99. The molecular formula is C26H27Cl2N3O4S. The monoisotopic (exact) mass is 547 g/mol. The number of halogens is 2. The molecule has 0 saturated heterocycles. The molecule has 0 bridgehead atoms. The molecule has 190 valence electrons. The highest BCUT2D eigenvalue weighted by atomic mass is 35.5. The van der Waals surface area contributed by atoms with Crippen LogP contribution in [0.3, 0.4) is 0 Å². The minimum atomic E-state index is -4.13. The largest absolute Gasteiger partial charge is 0.357 e. The first-order chi connectivity index (χ1) is 17.2. The summed E-state index contributed by atoms with van der Waals surface area (Å²) in [4.78, 5) is 27.8. The number of amides is 2. The summed E-state index contributed by atoms with van der Waals surface area (Å²) >= 11 is 12.0. The maximum Gasteiger partial charge on any atom is 0.264 e. The maximum atomic E-state index is 13.7. The zero-order valence-electron chi connectivity index (χ0n) is 19.9. The van der Waals surface area contributed by atoms with Crippen molar-refractivity contribution in [1.82, 2.24) is 10.2 Å². The number of sulfonamides is 1. The van der Waals surface area contributed by atoms with Gasteiger partial charge in [-0.15, -0.1) is 0 Å². The lowest BCUT2D eigenvalue weighted by Gasteiger charge is -2.33. The number of carbonyl (C=O) groups excluding carboxylic acids is 2. The van der Waals surface area contributed by atoms with Gasteiger partial charge in [0.15, 0.2) is 0 Å². The highest BCUT2D eigenvalue weighted by molar-refractivity contribution is 7.92. The normalized spacial score (nSPS) is 12.0. The van der Waals surface area contributed by atoms with Crippen LogP contribution in [-0.2, 0) is 26.2 Å². The average molecular weight is 548 g/mol. The van der Waals surface area contributed by atoms with Crippen LogP contribution < -0.4 is 9.62 Å². The highest BCUT2D eigenvalue weighted by Gasteiger charge is 2.33. The first kappa shape index (κ1) is 27.5. The molecule has 3 aromatic rings. The van der Waals surface area contributed by atoms with Gasteiger partial charge >= 0.3 is 0 Å². The summed E-state index contributed by atoms with van der Waals surface area (Å²) in [5.41, 5.74) is 1.07. The standard InChI is InChI=1S/C26H27Cl2N3O4S/c1-3-24(26(33)29-2)30(17-19-9-11-20(27)12-10-19)25(32)18-31(22-7-5-4-6-8-22)36(34,35)23-15-13-21(28)14-16-23/h4-16,24H,3,17-18H2,1-2H3,(H,29,33). The fraction of sp³-hybridized carbons (Fsp3) is 0.231. The van der Waals surface area contributed by atoms with Gasteiger partial charge in [0.25, 0.3) is 10.0 Å². The SMILES string of the molecule is CCC(C(=O)NC)N(Cc1ccc(Cl)cc1)C(=O)CN(c1ccccc1)S(=O)(=O)c1ccc(Cl)cc1. The smallest absolute Gasteiger partial charge is 0.264 e. The highest BCUT2D eigenvalue weighted by Crippen LogP contribution is 2.25. The molecule has 3 aromatic carbocycles. The first-order valence-corrected chi connectivity index (χ1v) is 13.5. The van der Waals surface area contributed by atoms with E-state index in [4.69, 9.17) is 23.2 Å². The average Bonchev–Trinajstić information content (AvgIpc) is 2.88. The van der Waals surface area contributed by atoms with E-state index in [0.29, 0.717) is 22.2 Å². The van der Waals surface area contributed by atoms with Gasteiger partial charge < -0.3 is 10.2 Å². The summed E-state index contributed by atoms with van der Waals surface area (Å²) in [7, 11) is -2.63. The van der Waals surface area contributed by atoms with Crippen LogP contribution in [0.15, 0.2) is 83.8 Å². The van der Waals surface area contributed by atoms with Crippen molar-refractivity contribution in [1.29, 1.82) is 0 Å². The quantitative estimate of drug-likeness (QED) is 0.397. The maximum absolute atomic E-state index is 13.7. The predicted molar refractivity (Wildman–Crippen MR) is 143 cm³/mol. The number of nitrogens with zero attached hydrogens (tertiary/aromatic N) is 2. The van der Waals surface area contributed by atoms with E-state index in [9.17, 15) is 18.0 Å². The Morgan fingerprint density at radius 3 is 1.97 bits per heavy atom. The molecular weight excluding hydrogens is 521 g/mol. The minimum Gasteiger partial charge on any atom is -0.357 e. The summed E-state index contributed by atoms with van der Waals surface area (Å²) in [5.74, 6) is -0.867. The molecule has 36 heavy (non-hydrogen) atoms. The topological polar surface area (TPSA) is 86.8 Å². The van der Waals surface area contributed by atoms with E-state index in [1.165, 1.54) is 36.2 Å². The number of anilines is 1. The van der Waals surface area contributed by atoms with Crippen molar-refractivity contribution in [3.63, 3.8) is 0 Å². The van der Waals surface area contributed by atoms with Crippen molar-refractivity contribution in [3.05, 3.63) is 94.5 Å². The van der Waals surface area contributed by atoms with Gasteiger partial charge in [0, 0.05) is 23.6 Å². The molecule has 0 saturated carbocycles. The zero-order valence-corrected chi connectivity index (χ0v) is 22.2. The molecule has 1 N–H and O–H groups in total. The van der Waals surface area contributed by atoms with E-state index < -0.39 is 28.5 Å². The summed E-state index contributed by atoms with van der Waals surface area (Å²) in [6, 6.07) is 20.2. The van der Waals surface area contributed by atoms with Crippen molar-refractivity contribution in [2.24, 2.45) is 0 Å². The molecule has 1 unspecified atom stereocenters. The summed E-state index contributed by atoms with van der Waals surface area (Å²) < 4.78 is 28.3. The Morgan fingerprint density at radius 2 is 1.44 bits per heavy atom. The molecule has 0 aliphatic carbocycles. The molecule has 0 aromatic heterocycles. The van der Waals surface area contributed by atoms with Crippen LogP contribution in [0.4, 0.5) is 5.69 Å². The third kappa shape index (κ3) is 6.57. The fourth-order valence-electron chi connectivity index (χ4n) is 3.73. The van der Waals surface area contributed by atoms with Crippen molar-refractivity contribution in [2.75, 3.05) is 17.9 Å². The Kier molecular flexibility index (Phi) is 9.37. The Balaban J connectivity index is 2.02. The van der Waals surface area contributed by atoms with Crippen LogP contribution >= 0.6 is 23.2 Å². The minimum absolute atomic E-state index is 0.00820. The van der Waals surface area contributed by atoms with Crippen LogP contribution in [0, 0.1) is 0 Å². The lowest BCUT2D eigenvalue weighted by Crippen LogP contribution is -2.51. The first-order valence-electron chi connectivity index (χ1n) is 11.3. The Labute approximate surface area is 221 Å². The molecule has 0 aliphatic heterocycles. The number of carbonyl (C=O) groups is 2. The van der Waals surface area contributed by atoms with Crippen molar-refractivity contribution in [3.8, 4) is 0 Å². The number of para-hydroxylation sites is 1. The molecule has 1 atom stereocenters. The Hall–Kier alpha value is -3.07. The lowest BCUT2D eigenvalue weighted by atomic mass is 10.1. The van der Waals surface area contributed by atoms with Crippen LogP contribution in [-0.4, -0.2) is 44.8 Å². The predicted octanol–water partition coefficient (Wildman–Crippen LogP) is 4.74. The van der Waals surface area contributed by atoms with E-state index in [1.54, 1.807) is 61.5 Å². The van der Waals surface area contributed by atoms with E-state index >= 15 is 0 Å². The van der Waals surface area contributed by atoms with Crippen molar-refractivity contribution < 1.29 is 18.0 Å². The number of hydrogen-bond acceptors (Lipinski definition) is 4. The van der Waals surface area contributed by atoms with E-state index in [-0.39, 0.29) is 17.3 Å². The molecule has 2 amide bonds. The van der Waals surface area contributed by atoms with E-state index in [0.717, 1.165) is 9.87 Å². The van der Waals surface area contributed by atoms with Gasteiger partial charge in [-0.05, 0) is 60.5 Å². The molecule has 0 fully saturated rings. The van der Waals surface area contributed by atoms with Crippen molar-refractivity contribution in [2.45, 2.75) is 30.8 Å². The summed E-state index contributed by atoms with van der Waals surface area (Å²) in [5, 5.41) is 3.53. The number of hydrogen-bond donors (Lipinski definition) is 1. The van der Waals surface area contributed by atoms with Crippen molar-refractivity contribution >= 4 is 50.7 Å². The molecule has 7 nitrogen and oxygen atoms in total. The third-order valence-electron chi connectivity index (χ3n) is 5.62. The molecule has 0 heterocycles. The molecule has 0 radical (unpaired) electrons. The van der Waals surface area contributed by atoms with Crippen LogP contribution in [0.25, 0.3) is 0 Å². The van der Waals surface area contributed by atoms with Gasteiger partial charge in [0.1, 0.15) is 12.6 Å². The fourth-order valence-corrected chi connectivity index (χ4v) is 5.40. The number of benzene rings is 3. The Morgan fingerprint density at radius 1 is 0.889 bits per heavy atom. The lowest BCUT2D eigenvalue weighted by molar-refractivity contribution is -0.140. The Bertz CT molecular complexity index is 1290. The van der Waals surface area contributed by atoms with E-state index in [1.807, 2.05) is 0 Å². The summed E-state index contributed by atoms with van der Waals surface area (Å²) in [6.45, 7) is 1.39. The number of nitrogens with one attached hydrogen (secondary N) is 1. The second kappa shape index (κ2) is 12.3. The van der Waals surface area contributed by atoms with Gasteiger partial charge in [-0.1, -0.05) is 60.5 Å². The van der Waals surface area contributed by atoms with Gasteiger partial charge in [-0.2, -0.15) is 0 Å². The number of likely N-dealkylation sites (N-methyl/N-ethyl adjacent to an activating group) is 1. The number of rotatable bonds is 10. The van der Waals surface area contributed by atoms with E-state index in [2.05, 4.69) is 5.32 Å². The van der Waals surface area contributed by atoms with Gasteiger partial charge in [-0.3, -0.25) is 13.9 Å². The molecule has 0 aliphatic rings. The molecule has 0 spiro atoms. The van der Waals surface area contributed by atoms with Gasteiger partial charge in [-0.25, -0.2) is 8.42 Å². The van der Waals surface area contributed by atoms with Gasteiger partial charge in [0.2, 0.25) is 11.8 Å². The van der Waals surface area contributed by atoms with Crippen LogP contribution in [0.1, 0.15) is 18.9 Å². The van der Waals surface area contributed by atoms with Gasteiger partial charge in [0.05, 0.1) is 10.6 Å². The molecule has 10 heteroatoms. The third-order valence-corrected chi connectivity index (χ3v) is 7.92. The van der Waals surface area contributed by atoms with Crippen LogP contribution in [0.2, 0.25) is 10.0 Å². The zero-order chi connectivity index (χ0) is 26.3. The summed E-state index contributed by atoms with van der Waals surface area (Å²) in [6.07, 6.45) is 0.342. The second-order valence-corrected chi connectivity index (χ2v) is 10.7. The molecule has 3 rings (SSSR count). The van der Waals surface area contributed by atoms with Crippen LogP contribution in [0.5, 0.6) is 0 Å².